The van der Waals surface area contributed by atoms with E-state index in [-0.39, 0.29) is 0 Å². The molecule has 0 fully saturated rings. The number of sulfonamides is 1. The lowest BCUT2D eigenvalue weighted by Crippen LogP contribution is -2.27. The van der Waals surface area contributed by atoms with Gasteiger partial charge in [-0.25, -0.2) is 18.5 Å². The average molecular weight is 221 g/mol. The van der Waals surface area contributed by atoms with Crippen LogP contribution in [0, 0.1) is 0 Å². The predicted octanol–water partition coefficient (Wildman–Crippen LogP) is -0.0552. The standard InChI is InChI=1S/C6H11N3O2S2/c1-4(13(8,10)11)2-5-3-9-6(7)12-5/h3-4H,2H2,1H3,(H2,7,9)(H2,8,10,11). The predicted molar refractivity (Wildman–Crippen MR) is 52.8 cm³/mol. The topological polar surface area (TPSA) is 99.1 Å². The Bertz CT molecular complexity index is 384. The first-order valence-electron chi connectivity index (χ1n) is 3.61. The fourth-order valence-corrected chi connectivity index (χ4v) is 2.15. The van der Waals surface area contributed by atoms with Crippen LogP contribution in [0.25, 0.3) is 0 Å². The Morgan fingerprint density at radius 2 is 2.31 bits per heavy atom. The van der Waals surface area contributed by atoms with Crippen LogP contribution in [0.15, 0.2) is 6.20 Å². The van der Waals surface area contributed by atoms with Gasteiger partial charge in [-0.05, 0) is 6.92 Å². The molecule has 7 heteroatoms. The van der Waals surface area contributed by atoms with Gasteiger partial charge < -0.3 is 5.73 Å². The molecule has 13 heavy (non-hydrogen) atoms. The highest BCUT2D eigenvalue weighted by Gasteiger charge is 2.16. The molecule has 0 radical (unpaired) electrons. The number of nitrogen functional groups attached to an aromatic ring is 1. The Morgan fingerprint density at radius 1 is 1.69 bits per heavy atom. The van der Waals surface area contributed by atoms with Gasteiger partial charge in [0, 0.05) is 17.5 Å². The molecule has 1 aromatic heterocycles. The molecule has 0 spiro atoms. The van der Waals surface area contributed by atoms with E-state index >= 15 is 0 Å². The third-order valence-electron chi connectivity index (χ3n) is 1.62. The maximum absolute atomic E-state index is 10.9. The summed E-state index contributed by atoms with van der Waals surface area (Å²) >= 11 is 1.28. The quantitative estimate of drug-likeness (QED) is 0.747. The molecule has 0 aliphatic rings. The first-order valence-corrected chi connectivity index (χ1v) is 6.04. The molecule has 0 aliphatic carbocycles. The number of nitrogens with zero attached hydrogens (tertiary/aromatic N) is 1. The normalized spacial score (nSPS) is 14.3. The Balaban J connectivity index is 2.71. The van der Waals surface area contributed by atoms with Crippen LogP contribution < -0.4 is 10.9 Å². The molecule has 74 valence electrons. The third-order valence-corrected chi connectivity index (χ3v) is 3.76. The molecule has 0 amide bonds. The van der Waals surface area contributed by atoms with E-state index in [9.17, 15) is 8.42 Å². The Kier molecular flexibility index (Phi) is 2.89. The monoisotopic (exact) mass is 221 g/mol. The smallest absolute Gasteiger partial charge is 0.212 e. The van der Waals surface area contributed by atoms with Crippen molar-refractivity contribution in [3.8, 4) is 0 Å². The van der Waals surface area contributed by atoms with E-state index < -0.39 is 15.3 Å². The molecule has 1 atom stereocenters. The molecule has 0 saturated heterocycles. The molecular weight excluding hydrogens is 210 g/mol. The highest BCUT2D eigenvalue weighted by molar-refractivity contribution is 7.89. The van der Waals surface area contributed by atoms with E-state index in [0.29, 0.717) is 11.6 Å². The number of hydrogen-bond donors (Lipinski definition) is 2. The first kappa shape index (κ1) is 10.4. The lowest BCUT2D eigenvalue weighted by molar-refractivity contribution is 0.584. The largest absolute Gasteiger partial charge is 0.375 e. The van der Waals surface area contributed by atoms with Crippen LogP contribution in [0.4, 0.5) is 5.13 Å². The molecule has 5 nitrogen and oxygen atoms in total. The van der Waals surface area contributed by atoms with Crippen molar-refractivity contribution in [1.82, 2.24) is 4.98 Å². The Hall–Kier alpha value is -0.660. The second-order valence-electron chi connectivity index (χ2n) is 2.77. The fraction of sp³-hybridized carbons (Fsp3) is 0.500. The summed E-state index contributed by atoms with van der Waals surface area (Å²) in [5.74, 6) is 0. The summed E-state index contributed by atoms with van der Waals surface area (Å²) in [6.45, 7) is 1.56. The summed E-state index contributed by atoms with van der Waals surface area (Å²) in [5.41, 5.74) is 5.39. The molecule has 1 unspecified atom stereocenters. The van der Waals surface area contributed by atoms with E-state index in [4.69, 9.17) is 10.9 Å². The number of primary sulfonamides is 1. The van der Waals surface area contributed by atoms with Gasteiger partial charge in [0.15, 0.2) is 5.13 Å². The first-order chi connectivity index (χ1) is 5.89. The maximum atomic E-state index is 10.9. The van der Waals surface area contributed by atoms with Crippen LogP contribution in [0.1, 0.15) is 11.8 Å². The van der Waals surface area contributed by atoms with Crippen LogP contribution in [0.2, 0.25) is 0 Å². The van der Waals surface area contributed by atoms with Crippen molar-refractivity contribution in [3.05, 3.63) is 11.1 Å². The lowest BCUT2D eigenvalue weighted by atomic mass is 10.3. The summed E-state index contributed by atoms with van der Waals surface area (Å²) in [7, 11) is -3.45. The van der Waals surface area contributed by atoms with Gasteiger partial charge in [0.05, 0.1) is 5.25 Å². The van der Waals surface area contributed by atoms with Gasteiger partial charge in [-0.1, -0.05) is 0 Å². The highest BCUT2D eigenvalue weighted by atomic mass is 32.2. The molecule has 4 N–H and O–H groups in total. The van der Waals surface area contributed by atoms with Crippen molar-refractivity contribution in [1.29, 1.82) is 0 Å². The summed E-state index contributed by atoms with van der Waals surface area (Å²) < 4.78 is 21.7. The molecular formula is C6H11N3O2S2. The number of rotatable bonds is 3. The van der Waals surface area contributed by atoms with Crippen molar-refractivity contribution in [2.24, 2.45) is 5.14 Å². The second kappa shape index (κ2) is 3.60. The van der Waals surface area contributed by atoms with Crippen LogP contribution >= 0.6 is 11.3 Å². The molecule has 1 heterocycles. The Morgan fingerprint density at radius 3 is 2.69 bits per heavy atom. The van der Waals surface area contributed by atoms with Crippen LogP contribution in [0.5, 0.6) is 0 Å². The number of hydrogen-bond acceptors (Lipinski definition) is 5. The molecule has 0 saturated carbocycles. The van der Waals surface area contributed by atoms with Crippen molar-refractivity contribution in [3.63, 3.8) is 0 Å². The van der Waals surface area contributed by atoms with E-state index in [1.54, 1.807) is 13.1 Å². The molecule has 1 rings (SSSR count). The number of aromatic nitrogens is 1. The number of nitrogens with two attached hydrogens (primary N) is 2. The summed E-state index contributed by atoms with van der Waals surface area (Å²) in [4.78, 5) is 4.64. The van der Waals surface area contributed by atoms with Crippen LogP contribution in [-0.4, -0.2) is 18.7 Å². The van der Waals surface area contributed by atoms with Crippen molar-refractivity contribution < 1.29 is 8.42 Å². The van der Waals surface area contributed by atoms with Gasteiger partial charge in [0.25, 0.3) is 0 Å². The summed E-state index contributed by atoms with van der Waals surface area (Å²) in [5, 5.41) is 4.81. The summed E-state index contributed by atoms with van der Waals surface area (Å²) in [6, 6.07) is 0. The van der Waals surface area contributed by atoms with Gasteiger partial charge in [0.2, 0.25) is 10.0 Å². The Labute approximate surface area is 80.8 Å². The zero-order chi connectivity index (χ0) is 10.1. The van der Waals surface area contributed by atoms with Gasteiger partial charge >= 0.3 is 0 Å². The van der Waals surface area contributed by atoms with E-state index in [1.165, 1.54) is 11.3 Å². The van der Waals surface area contributed by atoms with Crippen molar-refractivity contribution in [2.75, 3.05) is 5.73 Å². The van der Waals surface area contributed by atoms with Crippen molar-refractivity contribution in [2.45, 2.75) is 18.6 Å². The molecule has 0 aliphatic heterocycles. The second-order valence-corrected chi connectivity index (χ2v) is 5.90. The van der Waals surface area contributed by atoms with Gasteiger partial charge in [-0.2, -0.15) is 0 Å². The minimum absolute atomic E-state index is 0.369. The lowest BCUT2D eigenvalue weighted by Gasteiger charge is -2.05. The minimum Gasteiger partial charge on any atom is -0.375 e. The third kappa shape index (κ3) is 2.94. The zero-order valence-corrected chi connectivity index (χ0v) is 8.73. The summed E-state index contributed by atoms with van der Waals surface area (Å²) in [6.07, 6.45) is 1.94. The SMILES string of the molecule is CC(Cc1cnc(N)s1)S(N)(=O)=O. The van der Waals surface area contributed by atoms with Gasteiger partial charge in [0.1, 0.15) is 0 Å². The molecule has 0 bridgehead atoms. The van der Waals surface area contributed by atoms with E-state index in [0.717, 1.165) is 4.88 Å². The van der Waals surface area contributed by atoms with E-state index in [1.807, 2.05) is 0 Å². The zero-order valence-electron chi connectivity index (χ0n) is 7.10. The van der Waals surface area contributed by atoms with Gasteiger partial charge in [-0.15, -0.1) is 11.3 Å². The molecule has 0 aromatic carbocycles. The average Bonchev–Trinajstić information content (AvgIpc) is 2.33. The van der Waals surface area contributed by atoms with Crippen LogP contribution in [0.3, 0.4) is 0 Å². The minimum atomic E-state index is -3.45. The van der Waals surface area contributed by atoms with E-state index in [2.05, 4.69) is 4.98 Å². The fourth-order valence-electron chi connectivity index (χ4n) is 0.816. The number of thiazole rings is 1. The maximum Gasteiger partial charge on any atom is 0.212 e. The highest BCUT2D eigenvalue weighted by Crippen LogP contribution is 2.17. The van der Waals surface area contributed by atoms with Gasteiger partial charge in [-0.3, -0.25) is 0 Å². The number of anilines is 1. The molecule has 1 aromatic rings. The van der Waals surface area contributed by atoms with Crippen LogP contribution in [-0.2, 0) is 16.4 Å². The van der Waals surface area contributed by atoms with Crippen molar-refractivity contribution >= 4 is 26.5 Å².